The van der Waals surface area contributed by atoms with E-state index >= 15 is 0 Å². The van der Waals surface area contributed by atoms with Gasteiger partial charge in [-0.2, -0.15) is 0 Å². The summed E-state index contributed by atoms with van der Waals surface area (Å²) in [6.45, 7) is 9.66. The second-order valence-electron chi connectivity index (χ2n) is 13.5. The van der Waals surface area contributed by atoms with Gasteiger partial charge >= 0.3 is 0 Å². The van der Waals surface area contributed by atoms with Crippen LogP contribution in [0.25, 0.3) is 0 Å². The fourth-order valence-electron chi connectivity index (χ4n) is 5.70. The number of carbonyl (C=O) groups is 2. The van der Waals surface area contributed by atoms with Gasteiger partial charge in [0.1, 0.15) is 0 Å². The fourth-order valence-corrected chi connectivity index (χ4v) is 5.70. The van der Waals surface area contributed by atoms with Gasteiger partial charge in [-0.05, 0) is 70.1 Å². The van der Waals surface area contributed by atoms with Crippen LogP contribution >= 0.6 is 0 Å². The van der Waals surface area contributed by atoms with Gasteiger partial charge in [-0.3, -0.25) is 9.59 Å². The Balaban J connectivity index is 3.67. The highest BCUT2D eigenvalue weighted by atomic mass is 16.2. The monoisotopic (exact) mass is 617 g/mol. The van der Waals surface area contributed by atoms with Crippen molar-refractivity contribution >= 4 is 11.8 Å². The Kier molecular flexibility index (Phi) is 33.1. The molecular formula is C40H76N2O2. The van der Waals surface area contributed by atoms with E-state index in [2.05, 4.69) is 62.6 Å². The first-order chi connectivity index (χ1) is 21.5. The maximum Gasteiger partial charge on any atom is 0.220 e. The zero-order valence-corrected chi connectivity index (χ0v) is 30.1. The van der Waals surface area contributed by atoms with Gasteiger partial charge in [-0.25, -0.2) is 0 Å². The first-order valence-corrected chi connectivity index (χ1v) is 19.4. The minimum Gasteiger partial charge on any atom is -0.356 e. The minimum atomic E-state index is 0.201. The van der Waals surface area contributed by atoms with E-state index in [-0.39, 0.29) is 17.9 Å². The van der Waals surface area contributed by atoms with Crippen molar-refractivity contribution in [2.24, 2.45) is 5.92 Å². The second-order valence-corrected chi connectivity index (χ2v) is 13.5. The third-order valence-electron chi connectivity index (χ3n) is 8.78. The van der Waals surface area contributed by atoms with Gasteiger partial charge in [-0.15, -0.1) is 0 Å². The third-order valence-corrected chi connectivity index (χ3v) is 8.78. The number of carbonyl (C=O) groups excluding carboxylic acids is 2. The summed E-state index contributed by atoms with van der Waals surface area (Å²) >= 11 is 0. The summed E-state index contributed by atoms with van der Waals surface area (Å²) < 4.78 is 0. The van der Waals surface area contributed by atoms with Crippen molar-refractivity contribution in [3.8, 4) is 0 Å². The summed E-state index contributed by atoms with van der Waals surface area (Å²) in [6.07, 6.45) is 41.2. The molecular weight excluding hydrogens is 540 g/mol. The molecule has 0 spiro atoms. The van der Waals surface area contributed by atoms with Crippen LogP contribution in [0.4, 0.5) is 0 Å². The highest BCUT2D eigenvalue weighted by Crippen LogP contribution is 2.14. The van der Waals surface area contributed by atoms with E-state index in [0.717, 1.165) is 51.5 Å². The number of amides is 2. The lowest BCUT2D eigenvalue weighted by Gasteiger charge is -2.22. The average Bonchev–Trinajstić information content (AvgIpc) is 3.00. The molecule has 258 valence electrons. The van der Waals surface area contributed by atoms with Gasteiger partial charge < -0.3 is 10.6 Å². The Hall–Kier alpha value is -1.58. The Morgan fingerprint density at radius 2 is 0.977 bits per heavy atom. The van der Waals surface area contributed by atoms with Crippen LogP contribution in [0.5, 0.6) is 0 Å². The van der Waals surface area contributed by atoms with Crippen LogP contribution in [0.2, 0.25) is 0 Å². The molecule has 0 saturated heterocycles. The summed E-state index contributed by atoms with van der Waals surface area (Å²) in [4.78, 5) is 24.7. The van der Waals surface area contributed by atoms with E-state index in [1.807, 2.05) is 0 Å². The summed E-state index contributed by atoms with van der Waals surface area (Å²) in [5, 5.41) is 6.39. The van der Waals surface area contributed by atoms with Crippen LogP contribution in [-0.4, -0.2) is 24.4 Å². The number of allylic oxidation sites excluding steroid dienone is 4. The first kappa shape index (κ1) is 42.4. The normalized spacial score (nSPS) is 12.5. The molecule has 0 aliphatic heterocycles. The summed E-state index contributed by atoms with van der Waals surface area (Å²) in [6, 6.07) is 0.229. The molecule has 0 saturated carbocycles. The van der Waals surface area contributed by atoms with Crippen LogP contribution < -0.4 is 10.6 Å². The Labute approximate surface area is 275 Å². The van der Waals surface area contributed by atoms with E-state index < -0.39 is 0 Å². The highest BCUT2D eigenvalue weighted by Gasteiger charge is 2.15. The average molecular weight is 617 g/mol. The molecule has 0 aromatic heterocycles. The zero-order valence-electron chi connectivity index (χ0n) is 30.1. The molecule has 44 heavy (non-hydrogen) atoms. The molecule has 0 unspecified atom stereocenters. The number of unbranched alkanes of at least 4 members (excludes halogenated alkanes) is 19. The van der Waals surface area contributed by atoms with E-state index in [1.165, 1.54) is 116 Å². The van der Waals surface area contributed by atoms with Gasteiger partial charge in [0.2, 0.25) is 11.8 Å². The highest BCUT2D eigenvalue weighted by molar-refractivity contribution is 5.76. The van der Waals surface area contributed by atoms with Crippen LogP contribution in [-0.2, 0) is 9.59 Å². The quantitative estimate of drug-likeness (QED) is 0.0569. The molecule has 0 heterocycles. The van der Waals surface area contributed by atoms with Gasteiger partial charge in [0.05, 0.1) is 0 Å². The number of rotatable bonds is 33. The maximum absolute atomic E-state index is 12.5. The lowest BCUT2D eigenvalue weighted by Crippen LogP contribution is -2.38. The number of hydrogen-bond acceptors (Lipinski definition) is 2. The molecule has 4 nitrogen and oxygen atoms in total. The van der Waals surface area contributed by atoms with Crippen molar-refractivity contribution < 1.29 is 9.59 Å². The molecule has 0 aromatic carbocycles. The summed E-state index contributed by atoms with van der Waals surface area (Å²) in [7, 11) is 0. The Morgan fingerprint density at radius 1 is 0.523 bits per heavy atom. The lowest BCUT2D eigenvalue weighted by atomic mass is 9.98. The predicted molar refractivity (Wildman–Crippen MR) is 194 cm³/mol. The van der Waals surface area contributed by atoms with E-state index in [4.69, 9.17) is 0 Å². The summed E-state index contributed by atoms with van der Waals surface area (Å²) in [5.41, 5.74) is 0. The molecule has 0 bridgehead atoms. The van der Waals surface area contributed by atoms with Gasteiger partial charge in [0, 0.05) is 25.4 Å². The van der Waals surface area contributed by atoms with Crippen molar-refractivity contribution in [2.45, 2.75) is 207 Å². The number of nitrogens with one attached hydrogen (secondary N) is 2. The lowest BCUT2D eigenvalue weighted by molar-refractivity contribution is -0.122. The molecule has 0 fully saturated rings. The van der Waals surface area contributed by atoms with Gasteiger partial charge in [-0.1, -0.05) is 148 Å². The minimum absolute atomic E-state index is 0.201. The SMILES string of the molecule is CCCCC/C=C\C/C=C\CCCCCCCC(=O)N[C@@H](CCCCNC(=O)CCCCCCCCCCCCC)C(C)C. The van der Waals surface area contributed by atoms with Crippen molar-refractivity contribution in [3.05, 3.63) is 24.3 Å². The second kappa shape index (κ2) is 34.3. The molecule has 2 amide bonds. The van der Waals surface area contributed by atoms with Crippen LogP contribution in [0.15, 0.2) is 24.3 Å². The Bertz CT molecular complexity index is 685. The van der Waals surface area contributed by atoms with Crippen LogP contribution in [0.3, 0.4) is 0 Å². The molecule has 4 heteroatoms. The fraction of sp³-hybridized carbons (Fsp3) is 0.850. The van der Waals surface area contributed by atoms with Gasteiger partial charge in [0.15, 0.2) is 0 Å². The van der Waals surface area contributed by atoms with E-state index in [0.29, 0.717) is 18.8 Å². The molecule has 2 N–H and O–H groups in total. The van der Waals surface area contributed by atoms with E-state index in [1.54, 1.807) is 0 Å². The van der Waals surface area contributed by atoms with Crippen LogP contribution in [0.1, 0.15) is 201 Å². The van der Waals surface area contributed by atoms with Crippen molar-refractivity contribution in [3.63, 3.8) is 0 Å². The third kappa shape index (κ3) is 31.8. The van der Waals surface area contributed by atoms with Crippen LogP contribution in [0, 0.1) is 5.92 Å². The van der Waals surface area contributed by atoms with Crippen molar-refractivity contribution in [2.75, 3.05) is 6.54 Å². The maximum atomic E-state index is 12.5. The number of hydrogen-bond donors (Lipinski definition) is 2. The molecule has 0 rings (SSSR count). The predicted octanol–water partition coefficient (Wildman–Crippen LogP) is 11.9. The largest absolute Gasteiger partial charge is 0.356 e. The van der Waals surface area contributed by atoms with E-state index in [9.17, 15) is 9.59 Å². The topological polar surface area (TPSA) is 58.2 Å². The van der Waals surface area contributed by atoms with Gasteiger partial charge in [0.25, 0.3) is 0 Å². The van der Waals surface area contributed by atoms with Crippen molar-refractivity contribution in [1.29, 1.82) is 0 Å². The first-order valence-electron chi connectivity index (χ1n) is 19.4. The van der Waals surface area contributed by atoms with Crippen molar-refractivity contribution in [1.82, 2.24) is 10.6 Å². The summed E-state index contributed by atoms with van der Waals surface area (Å²) in [5.74, 6) is 0.834. The molecule has 0 aliphatic rings. The smallest absolute Gasteiger partial charge is 0.220 e. The molecule has 1 atom stereocenters. The Morgan fingerprint density at radius 3 is 1.52 bits per heavy atom. The molecule has 0 aliphatic carbocycles. The zero-order chi connectivity index (χ0) is 32.4. The molecule has 0 aromatic rings. The molecule has 0 radical (unpaired) electrons. The standard InChI is InChI=1S/C40H76N2O2/c1-5-7-9-11-13-15-17-18-19-20-22-24-26-28-30-35-40(44)42-38(37(3)4)33-31-32-36-41-39(43)34-29-27-25-23-21-16-14-12-10-8-6-2/h13,15,18-19,37-38H,5-12,14,16-17,20-36H2,1-4H3,(H,41,43)(H,42,44)/b15-13-,19-18-/t38-/m0/s1.